The number of anilines is 1. The molecule has 3 aromatic rings. The highest BCUT2D eigenvalue weighted by Gasteiger charge is 2.22. The van der Waals surface area contributed by atoms with Crippen LogP contribution >= 0.6 is 0 Å². The van der Waals surface area contributed by atoms with Crippen molar-refractivity contribution < 1.29 is 4.42 Å². The van der Waals surface area contributed by atoms with Gasteiger partial charge in [-0.1, -0.05) is 0 Å². The lowest BCUT2D eigenvalue weighted by Crippen LogP contribution is -2.12. The van der Waals surface area contributed by atoms with Crippen LogP contribution in [0.4, 0.5) is 5.95 Å². The van der Waals surface area contributed by atoms with E-state index >= 15 is 0 Å². The molecule has 0 radical (unpaired) electrons. The maximum Gasteiger partial charge on any atom is 0.203 e. The quantitative estimate of drug-likeness (QED) is 0.765. The number of nitrogens with two attached hydrogens (primary N) is 1. The van der Waals surface area contributed by atoms with Crippen molar-refractivity contribution in [2.24, 2.45) is 7.05 Å². The average Bonchev–Trinajstić information content (AvgIpc) is 2.97. The lowest BCUT2D eigenvalue weighted by atomic mass is 10.2. The molecule has 0 bridgehead atoms. The van der Waals surface area contributed by atoms with E-state index in [1.54, 1.807) is 4.68 Å². The van der Waals surface area contributed by atoms with Gasteiger partial charge in [-0.15, -0.1) is 0 Å². The summed E-state index contributed by atoms with van der Waals surface area (Å²) in [6.45, 7) is 5.90. The number of hydrogen-bond donors (Lipinski definition) is 1. The van der Waals surface area contributed by atoms with Gasteiger partial charge in [0.25, 0.3) is 0 Å². The number of aryl methyl sites for hydroxylation is 3. The summed E-state index contributed by atoms with van der Waals surface area (Å²) in [5.41, 5.74) is 8.69. The summed E-state index contributed by atoms with van der Waals surface area (Å²) < 4.78 is 9.44. The Morgan fingerprint density at radius 2 is 2.05 bits per heavy atom. The van der Waals surface area contributed by atoms with Crippen molar-refractivity contribution in [3.8, 4) is 0 Å². The van der Waals surface area contributed by atoms with Gasteiger partial charge in [0.05, 0.1) is 11.7 Å². The number of nitrogens with zero attached hydrogens (tertiary/aromatic N) is 4. The lowest BCUT2D eigenvalue weighted by molar-refractivity contribution is 0.432. The minimum atomic E-state index is -0.0199. The molecular formula is C13H17N5O. The third kappa shape index (κ3) is 1.63. The molecule has 19 heavy (non-hydrogen) atoms. The molecule has 2 N–H and O–H groups in total. The SMILES string of the molecule is Cc1ccc(C(C)n2c(N)nc3c(C)nn(C)c32)o1. The summed E-state index contributed by atoms with van der Waals surface area (Å²) in [7, 11) is 1.90. The van der Waals surface area contributed by atoms with Crippen LogP contribution in [0.2, 0.25) is 0 Å². The standard InChI is InChI=1S/C13H17N5O/c1-7-5-6-10(19-7)9(3)18-12-11(15-13(18)14)8(2)16-17(12)4/h5-6,9H,1-4H3,(H2,14,15). The zero-order valence-electron chi connectivity index (χ0n) is 11.5. The average molecular weight is 259 g/mol. The van der Waals surface area contributed by atoms with E-state index in [0.29, 0.717) is 5.95 Å². The smallest absolute Gasteiger partial charge is 0.203 e. The van der Waals surface area contributed by atoms with Crippen LogP contribution in [0.5, 0.6) is 0 Å². The molecule has 6 heteroatoms. The number of fused-ring (bicyclic) bond motifs is 1. The Kier molecular flexibility index (Phi) is 2.41. The van der Waals surface area contributed by atoms with Crippen molar-refractivity contribution in [2.45, 2.75) is 26.8 Å². The Labute approximate surface area is 110 Å². The van der Waals surface area contributed by atoms with Gasteiger partial charge in [-0.3, -0.25) is 9.25 Å². The van der Waals surface area contributed by atoms with Crippen molar-refractivity contribution in [1.29, 1.82) is 0 Å². The van der Waals surface area contributed by atoms with Crippen molar-refractivity contribution in [1.82, 2.24) is 19.3 Å². The van der Waals surface area contributed by atoms with E-state index in [0.717, 1.165) is 28.4 Å². The number of rotatable bonds is 2. The van der Waals surface area contributed by atoms with Gasteiger partial charge in [-0.25, -0.2) is 4.98 Å². The lowest BCUT2D eigenvalue weighted by Gasteiger charge is -2.13. The van der Waals surface area contributed by atoms with E-state index in [1.165, 1.54) is 0 Å². The highest BCUT2D eigenvalue weighted by molar-refractivity contribution is 5.77. The van der Waals surface area contributed by atoms with Gasteiger partial charge in [0.1, 0.15) is 17.0 Å². The molecule has 3 heterocycles. The number of hydrogen-bond acceptors (Lipinski definition) is 4. The highest BCUT2D eigenvalue weighted by atomic mass is 16.3. The largest absolute Gasteiger partial charge is 0.464 e. The predicted octanol–water partition coefficient (Wildman–Crippen LogP) is 2.17. The first-order valence-electron chi connectivity index (χ1n) is 6.22. The summed E-state index contributed by atoms with van der Waals surface area (Å²) in [5, 5.41) is 4.38. The number of aromatic nitrogens is 4. The normalized spacial score (nSPS) is 13.3. The number of furan rings is 1. The molecular weight excluding hydrogens is 242 g/mol. The van der Waals surface area contributed by atoms with E-state index in [1.807, 2.05) is 44.5 Å². The summed E-state index contributed by atoms with van der Waals surface area (Å²) in [6, 6.07) is 3.90. The molecule has 0 aliphatic heterocycles. The first kappa shape index (κ1) is 11.8. The minimum absolute atomic E-state index is 0.0199. The van der Waals surface area contributed by atoms with E-state index in [2.05, 4.69) is 10.1 Å². The first-order chi connectivity index (χ1) is 8.99. The van der Waals surface area contributed by atoms with E-state index in [-0.39, 0.29) is 6.04 Å². The first-order valence-corrected chi connectivity index (χ1v) is 6.22. The second-order valence-electron chi connectivity index (χ2n) is 4.85. The van der Waals surface area contributed by atoms with Crippen molar-refractivity contribution in [2.75, 3.05) is 5.73 Å². The molecule has 0 aliphatic rings. The highest BCUT2D eigenvalue weighted by Crippen LogP contribution is 2.29. The predicted molar refractivity (Wildman–Crippen MR) is 72.9 cm³/mol. The van der Waals surface area contributed by atoms with Gasteiger partial charge in [-0.05, 0) is 32.9 Å². The van der Waals surface area contributed by atoms with E-state index < -0.39 is 0 Å². The molecule has 0 fully saturated rings. The molecule has 100 valence electrons. The van der Waals surface area contributed by atoms with Crippen LogP contribution < -0.4 is 5.73 Å². The third-order valence-corrected chi connectivity index (χ3v) is 3.42. The molecule has 0 aliphatic carbocycles. The molecule has 0 spiro atoms. The minimum Gasteiger partial charge on any atom is -0.464 e. The fourth-order valence-electron chi connectivity index (χ4n) is 2.50. The van der Waals surface area contributed by atoms with E-state index in [9.17, 15) is 0 Å². The summed E-state index contributed by atoms with van der Waals surface area (Å²) in [6.07, 6.45) is 0. The van der Waals surface area contributed by atoms with Crippen LogP contribution in [-0.2, 0) is 7.05 Å². The summed E-state index contributed by atoms with van der Waals surface area (Å²) >= 11 is 0. The van der Waals surface area contributed by atoms with Gasteiger partial charge in [0.2, 0.25) is 5.95 Å². The Morgan fingerprint density at radius 3 is 2.68 bits per heavy atom. The van der Waals surface area contributed by atoms with Crippen LogP contribution in [0.1, 0.15) is 30.2 Å². The van der Waals surface area contributed by atoms with Crippen molar-refractivity contribution in [3.05, 3.63) is 29.3 Å². The molecule has 0 saturated carbocycles. The molecule has 3 rings (SSSR count). The van der Waals surface area contributed by atoms with Gasteiger partial charge in [-0.2, -0.15) is 5.10 Å². The maximum absolute atomic E-state index is 6.05. The second-order valence-corrected chi connectivity index (χ2v) is 4.85. The van der Waals surface area contributed by atoms with E-state index in [4.69, 9.17) is 10.2 Å². The molecule has 3 aromatic heterocycles. The van der Waals surface area contributed by atoms with Crippen LogP contribution in [0.15, 0.2) is 16.5 Å². The second kappa shape index (κ2) is 3.88. The zero-order valence-corrected chi connectivity index (χ0v) is 11.5. The molecule has 0 aromatic carbocycles. The maximum atomic E-state index is 6.05. The van der Waals surface area contributed by atoms with Crippen LogP contribution in [-0.4, -0.2) is 19.3 Å². The number of imidazole rings is 1. The van der Waals surface area contributed by atoms with Crippen molar-refractivity contribution >= 4 is 17.1 Å². The molecule has 0 amide bonds. The molecule has 1 unspecified atom stereocenters. The topological polar surface area (TPSA) is 74.8 Å². The number of nitrogen functional groups attached to an aromatic ring is 1. The van der Waals surface area contributed by atoms with Gasteiger partial charge in [0.15, 0.2) is 5.65 Å². The Balaban J connectivity index is 2.21. The van der Waals surface area contributed by atoms with Gasteiger partial charge in [0, 0.05) is 7.05 Å². The molecule has 6 nitrogen and oxygen atoms in total. The Morgan fingerprint density at radius 1 is 1.32 bits per heavy atom. The molecule has 1 atom stereocenters. The van der Waals surface area contributed by atoms with Crippen LogP contribution in [0, 0.1) is 13.8 Å². The Bertz CT molecular complexity index is 749. The fraction of sp³-hybridized carbons (Fsp3) is 0.385. The fourth-order valence-corrected chi connectivity index (χ4v) is 2.50. The summed E-state index contributed by atoms with van der Waals surface area (Å²) in [5.74, 6) is 2.23. The van der Waals surface area contributed by atoms with Gasteiger partial charge >= 0.3 is 0 Å². The molecule has 0 saturated heterocycles. The monoisotopic (exact) mass is 259 g/mol. The summed E-state index contributed by atoms with van der Waals surface area (Å²) in [4.78, 5) is 4.40. The van der Waals surface area contributed by atoms with Crippen LogP contribution in [0.25, 0.3) is 11.2 Å². The third-order valence-electron chi connectivity index (χ3n) is 3.42. The Hall–Kier alpha value is -2.24. The zero-order chi connectivity index (χ0) is 13.7. The van der Waals surface area contributed by atoms with Crippen LogP contribution in [0.3, 0.4) is 0 Å². The van der Waals surface area contributed by atoms with Gasteiger partial charge < -0.3 is 10.2 Å². The van der Waals surface area contributed by atoms with Crippen molar-refractivity contribution in [3.63, 3.8) is 0 Å².